The summed E-state index contributed by atoms with van der Waals surface area (Å²) in [6, 6.07) is 15.7. The van der Waals surface area contributed by atoms with Crippen molar-refractivity contribution in [2.24, 2.45) is 0 Å². The van der Waals surface area contributed by atoms with Crippen molar-refractivity contribution in [1.29, 1.82) is 0 Å². The van der Waals surface area contributed by atoms with Crippen molar-refractivity contribution < 1.29 is 38.2 Å². The third-order valence-corrected chi connectivity index (χ3v) is 8.51. The number of anilines is 2. The second kappa shape index (κ2) is 13.3. The second-order valence-corrected chi connectivity index (χ2v) is 10.8. The number of nitrogens with zero attached hydrogens (tertiary/aromatic N) is 2. The van der Waals surface area contributed by atoms with Gasteiger partial charge >= 0.3 is 5.97 Å². The number of methoxy groups -OCH3 is 1. The largest absolute Gasteiger partial charge is 0.538 e. The number of hydrogen-bond acceptors (Lipinski definition) is 10. The van der Waals surface area contributed by atoms with E-state index in [1.165, 1.54) is 4.68 Å². The fraction of sp³-hybridized carbons (Fsp3) is 0.250. The molecule has 0 aliphatic heterocycles. The molecule has 0 fully saturated rings. The van der Waals surface area contributed by atoms with Crippen LogP contribution in [-0.4, -0.2) is 42.0 Å². The van der Waals surface area contributed by atoms with E-state index in [0.717, 1.165) is 23.1 Å². The normalized spacial score (nSPS) is 11.5. The molecule has 0 aliphatic carbocycles. The summed E-state index contributed by atoms with van der Waals surface area (Å²) in [6.07, 6.45) is 0.337. The zero-order valence-electron chi connectivity index (χ0n) is 22.8. The number of ether oxygens (including phenoxy) is 2. The molecule has 2 N–H and O–H groups in total. The number of carbonyl (C=O) groups is 3. The van der Waals surface area contributed by atoms with Crippen LogP contribution in [0.5, 0.6) is 11.7 Å². The molecule has 2 aromatic heterocycles. The monoisotopic (exact) mass is 596 g/mol. The first-order chi connectivity index (χ1) is 19.8. The van der Waals surface area contributed by atoms with Crippen molar-refractivity contribution in [2.45, 2.75) is 37.5 Å². The predicted octanol–water partition coefficient (Wildman–Crippen LogP) is 4.34. The molecule has 214 valence electrons. The summed E-state index contributed by atoms with van der Waals surface area (Å²) < 4.78 is 16.6. The average molecular weight is 597 g/mol. The van der Waals surface area contributed by atoms with Gasteiger partial charge in [0, 0.05) is 17.8 Å². The van der Waals surface area contributed by atoms with Gasteiger partial charge in [0.2, 0.25) is 11.6 Å². The Morgan fingerprint density at radius 1 is 1.10 bits per heavy atom. The van der Waals surface area contributed by atoms with Gasteiger partial charge in [-0.2, -0.15) is 0 Å². The molecule has 1 unspecified atom stereocenters. The number of nitrogens with one attached hydrogen (secondary N) is 2. The van der Waals surface area contributed by atoms with Crippen molar-refractivity contribution in [1.82, 2.24) is 5.27 Å². The Hall–Kier alpha value is -4.36. The molecule has 13 heteroatoms. The summed E-state index contributed by atoms with van der Waals surface area (Å²) in [5.74, 6) is -1.63. The molecule has 2 amide bonds. The van der Waals surface area contributed by atoms with E-state index in [-0.39, 0.29) is 27.1 Å². The number of hydrogen-bond donors (Lipinski definition) is 2. The predicted molar refractivity (Wildman–Crippen MR) is 152 cm³/mol. The number of thioether (sulfide) groups is 1. The fourth-order valence-corrected chi connectivity index (χ4v) is 5.92. The zero-order valence-corrected chi connectivity index (χ0v) is 24.4. The van der Waals surface area contributed by atoms with Crippen LogP contribution in [-0.2, 0) is 9.53 Å². The Bertz CT molecular complexity index is 1540. The van der Waals surface area contributed by atoms with Gasteiger partial charge in [-0.3, -0.25) is 9.59 Å². The third-order valence-electron chi connectivity index (χ3n) is 5.91. The van der Waals surface area contributed by atoms with Crippen molar-refractivity contribution in [3.63, 3.8) is 0 Å². The van der Waals surface area contributed by atoms with Crippen LogP contribution in [0.25, 0.3) is 5.69 Å². The van der Waals surface area contributed by atoms with Gasteiger partial charge in [-0.15, -0.1) is 11.3 Å². The molecular weight excluding hydrogens is 568 g/mol. The number of benzene rings is 2. The highest BCUT2D eigenvalue weighted by Gasteiger charge is 2.31. The molecule has 0 bridgehead atoms. The molecule has 1 atom stereocenters. The Labute approximate surface area is 244 Å². The molecule has 4 rings (SSSR count). The lowest BCUT2D eigenvalue weighted by Crippen LogP contribution is -2.36. The van der Waals surface area contributed by atoms with Crippen LogP contribution in [0.4, 0.5) is 10.7 Å². The SMILES string of the molecule is CCOC(=O)c1c(NC(=O)C(CC)Sc2c([O-])on[n+]2-c2ccc(OC)cc2)sc(C(=O)Nc2ccccc2)c1C. The highest BCUT2D eigenvalue weighted by Crippen LogP contribution is 2.36. The minimum Gasteiger partial charge on any atom is -0.538 e. The summed E-state index contributed by atoms with van der Waals surface area (Å²) in [4.78, 5) is 39.7. The van der Waals surface area contributed by atoms with Gasteiger partial charge in [0.15, 0.2) is 5.95 Å². The minimum atomic E-state index is -0.759. The van der Waals surface area contributed by atoms with E-state index in [9.17, 15) is 19.5 Å². The first-order valence-corrected chi connectivity index (χ1v) is 14.3. The molecule has 4 aromatic rings. The van der Waals surface area contributed by atoms with Crippen molar-refractivity contribution in [2.75, 3.05) is 24.4 Å². The summed E-state index contributed by atoms with van der Waals surface area (Å²) in [5, 5.41) is 21.5. The van der Waals surface area contributed by atoms with Crippen molar-refractivity contribution in [3.05, 3.63) is 70.6 Å². The lowest BCUT2D eigenvalue weighted by Gasteiger charge is -2.13. The molecule has 0 saturated heterocycles. The highest BCUT2D eigenvalue weighted by molar-refractivity contribution is 8.00. The summed E-state index contributed by atoms with van der Waals surface area (Å²) in [7, 11) is 1.54. The molecule has 11 nitrogen and oxygen atoms in total. The van der Waals surface area contributed by atoms with Gasteiger partial charge in [0.25, 0.3) is 10.9 Å². The molecule has 0 radical (unpaired) electrons. The number of aromatic nitrogens is 2. The first-order valence-electron chi connectivity index (χ1n) is 12.6. The van der Waals surface area contributed by atoms with Crippen LogP contribution in [0.3, 0.4) is 0 Å². The van der Waals surface area contributed by atoms with E-state index >= 15 is 0 Å². The van der Waals surface area contributed by atoms with Gasteiger partial charge in [-0.1, -0.05) is 25.1 Å². The van der Waals surface area contributed by atoms with Gasteiger partial charge in [0.05, 0.1) is 34.7 Å². The molecular formula is C28H28N4O7S2. The van der Waals surface area contributed by atoms with E-state index in [2.05, 4.69) is 15.9 Å². The Kier molecular flexibility index (Phi) is 9.63. The third kappa shape index (κ3) is 6.69. The number of esters is 1. The smallest absolute Gasteiger partial charge is 0.341 e. The second-order valence-electron chi connectivity index (χ2n) is 8.58. The maximum absolute atomic E-state index is 13.5. The first kappa shape index (κ1) is 29.6. The lowest BCUT2D eigenvalue weighted by molar-refractivity contribution is -0.705. The molecule has 0 spiro atoms. The van der Waals surface area contributed by atoms with Crippen LogP contribution in [0.15, 0.2) is 64.1 Å². The molecule has 0 aliphatic rings. The van der Waals surface area contributed by atoms with Gasteiger partial charge in [-0.25, -0.2) is 4.79 Å². The topological polar surface area (TPSA) is 147 Å². The van der Waals surface area contributed by atoms with E-state index in [4.69, 9.17) is 14.0 Å². The van der Waals surface area contributed by atoms with E-state index in [1.54, 1.807) is 76.4 Å². The van der Waals surface area contributed by atoms with Gasteiger partial charge < -0.3 is 29.7 Å². The van der Waals surface area contributed by atoms with Crippen LogP contribution < -0.4 is 25.2 Å². The molecule has 2 heterocycles. The van der Waals surface area contributed by atoms with E-state index in [0.29, 0.717) is 29.1 Å². The molecule has 2 aromatic carbocycles. The lowest BCUT2D eigenvalue weighted by atomic mass is 10.1. The van der Waals surface area contributed by atoms with Gasteiger partial charge in [-0.05, 0) is 66.5 Å². The standard InChI is InChI=1S/C28H28N4O7S2/c1-5-20(40-26-28(36)39-31-32(26)18-12-14-19(37-4)15-13-18)23(33)30-25-21(27(35)38-6-2)16(3)22(41-25)24(34)29-17-10-8-7-9-11-17/h7-15,20H,5-6H2,1-4H3,(H2-,29,30,31,33,34,35,36). The average Bonchev–Trinajstić information content (AvgIpc) is 3.50. The Balaban J connectivity index is 1.60. The number of thiophene rings is 1. The minimum absolute atomic E-state index is 0.103. The Morgan fingerprint density at radius 3 is 2.44 bits per heavy atom. The van der Waals surface area contributed by atoms with E-state index in [1.807, 2.05) is 6.07 Å². The number of para-hydroxylation sites is 1. The quantitative estimate of drug-likeness (QED) is 0.147. The summed E-state index contributed by atoms with van der Waals surface area (Å²) in [5.41, 5.74) is 1.62. The summed E-state index contributed by atoms with van der Waals surface area (Å²) >= 11 is 1.96. The van der Waals surface area contributed by atoms with Crippen LogP contribution in [0.1, 0.15) is 45.9 Å². The van der Waals surface area contributed by atoms with Crippen molar-refractivity contribution in [3.8, 4) is 17.4 Å². The van der Waals surface area contributed by atoms with Crippen LogP contribution >= 0.6 is 23.1 Å². The Morgan fingerprint density at radius 2 is 1.80 bits per heavy atom. The maximum Gasteiger partial charge on any atom is 0.341 e. The highest BCUT2D eigenvalue weighted by atomic mass is 32.2. The molecule has 41 heavy (non-hydrogen) atoms. The summed E-state index contributed by atoms with van der Waals surface area (Å²) in [6.45, 7) is 5.20. The number of amides is 2. The number of carbonyl (C=O) groups excluding carboxylic acids is 3. The molecule has 0 saturated carbocycles. The fourth-order valence-electron chi connectivity index (χ4n) is 3.85. The van der Waals surface area contributed by atoms with Crippen molar-refractivity contribution >= 4 is 51.6 Å². The van der Waals surface area contributed by atoms with Crippen LogP contribution in [0, 0.1) is 6.92 Å². The van der Waals surface area contributed by atoms with Gasteiger partial charge in [0.1, 0.15) is 10.8 Å². The number of rotatable bonds is 11. The zero-order chi connectivity index (χ0) is 29.5. The van der Waals surface area contributed by atoms with E-state index < -0.39 is 29.0 Å². The maximum atomic E-state index is 13.5. The van der Waals surface area contributed by atoms with Crippen LogP contribution in [0.2, 0.25) is 0 Å².